The van der Waals surface area contributed by atoms with E-state index in [9.17, 15) is 4.79 Å². The highest BCUT2D eigenvalue weighted by Gasteiger charge is 2.28. The van der Waals surface area contributed by atoms with Crippen LogP contribution in [0.1, 0.15) is 26.3 Å². The van der Waals surface area contributed by atoms with E-state index in [2.05, 4.69) is 22.6 Å². The third kappa shape index (κ3) is 5.88. The Morgan fingerprint density at radius 2 is 2.00 bits per heavy atom. The van der Waals surface area contributed by atoms with Gasteiger partial charge in [-0.3, -0.25) is 9.69 Å². The average molecular weight is 376 g/mol. The SMILES string of the molecule is CC(C)N(CC(=O)OCc1ccccc1)[C@@](C)(N)I. The zero-order valence-electron chi connectivity index (χ0n) is 11.6. The van der Waals surface area contributed by atoms with Crippen molar-refractivity contribution >= 4 is 28.6 Å². The maximum Gasteiger partial charge on any atom is 0.320 e. The molecule has 0 fully saturated rings. The minimum absolute atomic E-state index is 0.177. The molecule has 0 radical (unpaired) electrons. The number of nitrogens with two attached hydrogens (primary N) is 1. The van der Waals surface area contributed by atoms with Crippen molar-refractivity contribution in [2.24, 2.45) is 5.73 Å². The van der Waals surface area contributed by atoms with Crippen LogP contribution in [0.3, 0.4) is 0 Å². The van der Waals surface area contributed by atoms with Gasteiger partial charge in [0.15, 0.2) is 0 Å². The van der Waals surface area contributed by atoms with Gasteiger partial charge in [-0.25, -0.2) is 0 Å². The van der Waals surface area contributed by atoms with E-state index in [1.54, 1.807) is 0 Å². The van der Waals surface area contributed by atoms with Crippen LogP contribution < -0.4 is 5.73 Å². The van der Waals surface area contributed by atoms with Crippen LogP contribution in [0, 0.1) is 0 Å². The molecule has 0 aromatic heterocycles. The second-order valence-electron chi connectivity index (χ2n) is 4.89. The fraction of sp³-hybridized carbons (Fsp3) is 0.500. The summed E-state index contributed by atoms with van der Waals surface area (Å²) in [5, 5.41) is 0. The Balaban J connectivity index is 2.50. The molecule has 0 aliphatic carbocycles. The molecule has 0 saturated carbocycles. The van der Waals surface area contributed by atoms with E-state index < -0.39 is 3.67 Å². The predicted molar refractivity (Wildman–Crippen MR) is 84.7 cm³/mol. The molecule has 0 aliphatic rings. The highest BCUT2D eigenvalue weighted by molar-refractivity contribution is 14.1. The largest absolute Gasteiger partial charge is 0.460 e. The average Bonchev–Trinajstić information content (AvgIpc) is 2.33. The molecule has 5 heteroatoms. The van der Waals surface area contributed by atoms with Crippen molar-refractivity contribution < 1.29 is 9.53 Å². The predicted octanol–water partition coefficient (Wildman–Crippen LogP) is 2.51. The van der Waals surface area contributed by atoms with Crippen molar-refractivity contribution in [1.29, 1.82) is 0 Å². The van der Waals surface area contributed by atoms with Gasteiger partial charge in [-0.05, 0) is 48.9 Å². The fourth-order valence-electron chi connectivity index (χ4n) is 1.76. The monoisotopic (exact) mass is 376 g/mol. The summed E-state index contributed by atoms with van der Waals surface area (Å²) in [5.41, 5.74) is 7.02. The van der Waals surface area contributed by atoms with Crippen molar-refractivity contribution in [3.8, 4) is 0 Å². The Morgan fingerprint density at radius 1 is 1.42 bits per heavy atom. The Labute approximate surface area is 128 Å². The van der Waals surface area contributed by atoms with E-state index in [0.29, 0.717) is 6.61 Å². The molecule has 0 spiro atoms. The molecule has 0 heterocycles. The molecule has 0 saturated heterocycles. The molecule has 106 valence electrons. The number of esters is 1. The van der Waals surface area contributed by atoms with Gasteiger partial charge in [0.1, 0.15) is 10.3 Å². The van der Waals surface area contributed by atoms with Gasteiger partial charge in [0, 0.05) is 6.04 Å². The number of benzene rings is 1. The normalized spacial score (nSPS) is 14.5. The van der Waals surface area contributed by atoms with E-state index >= 15 is 0 Å². The van der Waals surface area contributed by atoms with Gasteiger partial charge in [0.25, 0.3) is 0 Å². The van der Waals surface area contributed by atoms with E-state index in [1.165, 1.54) is 0 Å². The molecule has 4 nitrogen and oxygen atoms in total. The number of hydrogen-bond donors (Lipinski definition) is 1. The van der Waals surface area contributed by atoms with Crippen LogP contribution in [0.5, 0.6) is 0 Å². The highest BCUT2D eigenvalue weighted by Crippen LogP contribution is 2.19. The maximum absolute atomic E-state index is 11.9. The van der Waals surface area contributed by atoms with Gasteiger partial charge >= 0.3 is 5.97 Å². The molecule has 1 atom stereocenters. The zero-order valence-corrected chi connectivity index (χ0v) is 13.8. The Bertz CT molecular complexity index is 402. The molecule has 1 aromatic rings. The molecular weight excluding hydrogens is 355 g/mol. The Kier molecular flexibility index (Phi) is 6.22. The molecule has 0 aliphatic heterocycles. The van der Waals surface area contributed by atoms with Crippen molar-refractivity contribution in [3.05, 3.63) is 35.9 Å². The lowest BCUT2D eigenvalue weighted by atomic mass is 10.2. The lowest BCUT2D eigenvalue weighted by Gasteiger charge is -2.35. The quantitative estimate of drug-likeness (QED) is 0.273. The van der Waals surface area contributed by atoms with Crippen LogP contribution in [0.25, 0.3) is 0 Å². The number of halogens is 1. The number of rotatable bonds is 6. The van der Waals surface area contributed by atoms with Gasteiger partial charge in [-0.15, -0.1) is 0 Å². The molecule has 0 amide bonds. The van der Waals surface area contributed by atoms with E-state index in [-0.39, 0.29) is 18.6 Å². The summed E-state index contributed by atoms with van der Waals surface area (Å²) in [5.74, 6) is -0.258. The fourth-order valence-corrected chi connectivity index (χ4v) is 2.49. The van der Waals surface area contributed by atoms with Crippen LogP contribution >= 0.6 is 22.6 Å². The van der Waals surface area contributed by atoms with Gasteiger partial charge < -0.3 is 10.5 Å². The summed E-state index contributed by atoms with van der Waals surface area (Å²) < 4.78 is 4.69. The van der Waals surface area contributed by atoms with Crippen molar-refractivity contribution in [2.75, 3.05) is 6.54 Å². The first-order valence-electron chi connectivity index (χ1n) is 6.25. The van der Waals surface area contributed by atoms with E-state index in [4.69, 9.17) is 10.5 Å². The van der Waals surface area contributed by atoms with Gasteiger partial charge in [0.05, 0.1) is 6.54 Å². The standard InChI is InChI=1S/C14H21IN2O2/c1-11(2)17(14(3,15)16)9-13(18)19-10-12-7-5-4-6-8-12/h4-8,11H,9-10,16H2,1-3H3/t14-/m1/s1. The maximum atomic E-state index is 11.9. The van der Waals surface area contributed by atoms with Crippen LogP contribution in [0.2, 0.25) is 0 Å². The molecule has 2 N–H and O–H groups in total. The highest BCUT2D eigenvalue weighted by atomic mass is 127. The van der Waals surface area contributed by atoms with Crippen molar-refractivity contribution in [1.82, 2.24) is 4.90 Å². The number of ether oxygens (including phenoxy) is 1. The molecule has 1 aromatic carbocycles. The van der Waals surface area contributed by atoms with Gasteiger partial charge in [0.2, 0.25) is 0 Å². The molecule has 19 heavy (non-hydrogen) atoms. The summed E-state index contributed by atoms with van der Waals surface area (Å²) in [7, 11) is 0. The van der Waals surface area contributed by atoms with Crippen molar-refractivity contribution in [3.63, 3.8) is 0 Å². The minimum atomic E-state index is -0.572. The topological polar surface area (TPSA) is 55.6 Å². The summed E-state index contributed by atoms with van der Waals surface area (Å²) in [6.07, 6.45) is 0. The summed E-state index contributed by atoms with van der Waals surface area (Å²) in [4.78, 5) is 13.8. The van der Waals surface area contributed by atoms with Crippen molar-refractivity contribution in [2.45, 2.75) is 37.1 Å². The number of hydrogen-bond acceptors (Lipinski definition) is 4. The lowest BCUT2D eigenvalue weighted by molar-refractivity contribution is -0.147. The molecule has 0 unspecified atom stereocenters. The minimum Gasteiger partial charge on any atom is -0.460 e. The third-order valence-electron chi connectivity index (χ3n) is 2.73. The lowest BCUT2D eigenvalue weighted by Crippen LogP contribution is -2.54. The number of nitrogens with zero attached hydrogens (tertiary/aromatic N) is 1. The third-order valence-corrected chi connectivity index (χ3v) is 3.35. The van der Waals surface area contributed by atoms with Gasteiger partial charge in [-0.2, -0.15) is 0 Å². The summed E-state index contributed by atoms with van der Waals surface area (Å²) >= 11 is 2.12. The van der Waals surface area contributed by atoms with Gasteiger partial charge in [-0.1, -0.05) is 30.3 Å². The van der Waals surface area contributed by atoms with Crippen LogP contribution in [0.15, 0.2) is 30.3 Å². The van der Waals surface area contributed by atoms with E-state index in [0.717, 1.165) is 5.56 Å². The molecular formula is C14H21IN2O2. The second-order valence-corrected chi connectivity index (χ2v) is 7.08. The number of carbonyl (C=O) groups is 1. The second kappa shape index (κ2) is 7.21. The summed E-state index contributed by atoms with van der Waals surface area (Å²) in [6, 6.07) is 9.81. The Hall–Kier alpha value is -0.660. The number of carbonyl (C=O) groups excluding carboxylic acids is 1. The first kappa shape index (κ1) is 16.4. The molecule has 1 rings (SSSR count). The number of alkyl halides is 1. The smallest absolute Gasteiger partial charge is 0.320 e. The van der Waals surface area contributed by atoms with Crippen LogP contribution in [-0.4, -0.2) is 27.1 Å². The summed E-state index contributed by atoms with van der Waals surface area (Å²) in [6.45, 7) is 6.38. The first-order chi connectivity index (χ1) is 8.80. The molecule has 0 bridgehead atoms. The van der Waals surface area contributed by atoms with Crippen LogP contribution in [0.4, 0.5) is 0 Å². The first-order valence-corrected chi connectivity index (χ1v) is 7.32. The van der Waals surface area contributed by atoms with Crippen LogP contribution in [-0.2, 0) is 16.1 Å². The zero-order chi connectivity index (χ0) is 14.5. The Morgan fingerprint density at radius 3 is 2.47 bits per heavy atom. The van der Waals surface area contributed by atoms with E-state index in [1.807, 2.05) is 56.0 Å².